The molecule has 1 aliphatic rings. The molecule has 2 aromatic heterocycles. The van der Waals surface area contributed by atoms with E-state index in [1.54, 1.807) is 18.5 Å². The van der Waals surface area contributed by atoms with Gasteiger partial charge in [-0.25, -0.2) is 9.97 Å². The van der Waals surface area contributed by atoms with Crippen LogP contribution in [-0.2, 0) is 11.3 Å². The van der Waals surface area contributed by atoms with Gasteiger partial charge in [0.1, 0.15) is 0 Å². The minimum absolute atomic E-state index is 0.160. The maximum atomic E-state index is 12.5. The van der Waals surface area contributed by atoms with Gasteiger partial charge in [0.2, 0.25) is 5.91 Å². The molecule has 132 valence electrons. The molecule has 0 atom stereocenters. The molecule has 2 aromatic rings. The van der Waals surface area contributed by atoms with Crippen LogP contribution in [0.25, 0.3) is 0 Å². The number of aryl methyl sites for hydroxylation is 1. The van der Waals surface area contributed by atoms with Crippen molar-refractivity contribution in [3.05, 3.63) is 48.0 Å². The number of pyridine rings is 1. The zero-order valence-electron chi connectivity index (χ0n) is 14.5. The van der Waals surface area contributed by atoms with E-state index in [4.69, 9.17) is 0 Å². The van der Waals surface area contributed by atoms with Gasteiger partial charge in [-0.1, -0.05) is 17.8 Å². The number of thioether (sulfide) groups is 1. The first-order valence-corrected chi connectivity index (χ1v) is 9.52. The van der Waals surface area contributed by atoms with E-state index < -0.39 is 0 Å². The molecule has 0 aromatic carbocycles. The van der Waals surface area contributed by atoms with Gasteiger partial charge in [0, 0.05) is 50.8 Å². The third-order valence-electron chi connectivity index (χ3n) is 4.14. The van der Waals surface area contributed by atoms with E-state index in [1.165, 1.54) is 11.8 Å². The molecule has 25 heavy (non-hydrogen) atoms. The summed E-state index contributed by atoms with van der Waals surface area (Å²) < 4.78 is 0. The van der Waals surface area contributed by atoms with Crippen molar-refractivity contribution >= 4 is 17.7 Å². The predicted octanol–water partition coefficient (Wildman–Crippen LogP) is 2.01. The summed E-state index contributed by atoms with van der Waals surface area (Å²) in [5.41, 5.74) is 2.14. The third kappa shape index (κ3) is 5.51. The second-order valence-electron chi connectivity index (χ2n) is 6.10. The normalized spacial score (nSPS) is 15.8. The van der Waals surface area contributed by atoms with Crippen LogP contribution in [0.5, 0.6) is 0 Å². The lowest BCUT2D eigenvalue weighted by atomic mass is 10.3. The fraction of sp³-hybridized carbons (Fsp3) is 0.444. The van der Waals surface area contributed by atoms with Gasteiger partial charge in [0.05, 0.1) is 11.4 Å². The molecule has 6 nitrogen and oxygen atoms in total. The van der Waals surface area contributed by atoms with E-state index in [-0.39, 0.29) is 5.91 Å². The molecule has 3 rings (SSSR count). The van der Waals surface area contributed by atoms with Crippen LogP contribution in [0.4, 0.5) is 0 Å². The average Bonchev–Trinajstić information content (AvgIpc) is 2.86. The largest absolute Gasteiger partial charge is 0.341 e. The Morgan fingerprint density at radius 2 is 1.96 bits per heavy atom. The molecule has 7 heteroatoms. The minimum Gasteiger partial charge on any atom is -0.341 e. The van der Waals surface area contributed by atoms with Crippen LogP contribution < -0.4 is 0 Å². The lowest BCUT2D eigenvalue weighted by molar-refractivity contribution is -0.128. The Morgan fingerprint density at radius 3 is 2.76 bits per heavy atom. The van der Waals surface area contributed by atoms with E-state index >= 15 is 0 Å². The standard InChI is InChI=1S/C18H23N5OS/c1-15-5-2-6-16(21-15)13-22-9-4-10-23(12-11-22)17(24)14-25-18-19-7-3-8-20-18/h2-3,5-8H,4,9-14H2,1H3. The highest BCUT2D eigenvalue weighted by atomic mass is 32.2. The number of carbonyl (C=O) groups excluding carboxylic acids is 1. The van der Waals surface area contributed by atoms with E-state index in [0.717, 1.165) is 50.5 Å². The van der Waals surface area contributed by atoms with Crippen molar-refractivity contribution in [1.82, 2.24) is 24.8 Å². The van der Waals surface area contributed by atoms with Crippen molar-refractivity contribution in [1.29, 1.82) is 0 Å². The van der Waals surface area contributed by atoms with Crippen molar-refractivity contribution in [2.45, 2.75) is 25.0 Å². The highest BCUT2D eigenvalue weighted by Crippen LogP contribution is 2.14. The third-order valence-corrected chi connectivity index (χ3v) is 5.00. The van der Waals surface area contributed by atoms with Crippen molar-refractivity contribution < 1.29 is 4.79 Å². The zero-order valence-corrected chi connectivity index (χ0v) is 15.3. The Hall–Kier alpha value is -1.99. The van der Waals surface area contributed by atoms with E-state index in [2.05, 4.69) is 25.9 Å². The molecule has 0 aliphatic carbocycles. The summed E-state index contributed by atoms with van der Waals surface area (Å²) >= 11 is 1.40. The molecule has 1 aliphatic heterocycles. The maximum absolute atomic E-state index is 12.5. The van der Waals surface area contributed by atoms with Crippen LogP contribution in [0.1, 0.15) is 17.8 Å². The van der Waals surface area contributed by atoms with Crippen LogP contribution in [0.3, 0.4) is 0 Å². The topological polar surface area (TPSA) is 62.2 Å². The lowest BCUT2D eigenvalue weighted by Gasteiger charge is -2.21. The molecule has 3 heterocycles. The predicted molar refractivity (Wildman–Crippen MR) is 98.2 cm³/mol. The molecule has 0 saturated carbocycles. The fourth-order valence-corrected chi connectivity index (χ4v) is 3.58. The number of aromatic nitrogens is 3. The summed E-state index contributed by atoms with van der Waals surface area (Å²) in [6.45, 7) is 6.31. The summed E-state index contributed by atoms with van der Waals surface area (Å²) in [6.07, 6.45) is 4.38. The number of nitrogens with zero attached hydrogens (tertiary/aromatic N) is 5. The molecule has 0 unspecified atom stereocenters. The number of amides is 1. The SMILES string of the molecule is Cc1cccc(CN2CCCN(C(=O)CSc3ncccn3)CC2)n1. The Balaban J connectivity index is 1.48. The van der Waals surface area contributed by atoms with Gasteiger partial charge in [-0.3, -0.25) is 14.7 Å². The summed E-state index contributed by atoms with van der Waals surface area (Å²) in [4.78, 5) is 29.7. The van der Waals surface area contributed by atoms with Crippen molar-refractivity contribution in [3.8, 4) is 0 Å². The zero-order chi connectivity index (χ0) is 17.5. The Morgan fingerprint density at radius 1 is 1.12 bits per heavy atom. The molecule has 0 N–H and O–H groups in total. The number of hydrogen-bond acceptors (Lipinski definition) is 6. The highest BCUT2D eigenvalue weighted by molar-refractivity contribution is 7.99. The first-order chi connectivity index (χ1) is 12.2. The second kappa shape index (κ2) is 8.92. The summed E-state index contributed by atoms with van der Waals surface area (Å²) in [7, 11) is 0. The summed E-state index contributed by atoms with van der Waals surface area (Å²) in [6, 6.07) is 7.91. The first-order valence-electron chi connectivity index (χ1n) is 8.53. The van der Waals surface area contributed by atoms with E-state index in [1.807, 2.05) is 24.0 Å². The Kier molecular flexibility index (Phi) is 6.36. The molecule has 0 radical (unpaired) electrons. The van der Waals surface area contributed by atoms with Gasteiger partial charge in [0.15, 0.2) is 5.16 Å². The van der Waals surface area contributed by atoms with Crippen LogP contribution >= 0.6 is 11.8 Å². The smallest absolute Gasteiger partial charge is 0.233 e. The Bertz CT molecular complexity index is 697. The van der Waals surface area contributed by atoms with Gasteiger partial charge >= 0.3 is 0 Å². The quantitative estimate of drug-likeness (QED) is 0.603. The van der Waals surface area contributed by atoms with Gasteiger partial charge < -0.3 is 4.90 Å². The minimum atomic E-state index is 0.160. The number of hydrogen-bond donors (Lipinski definition) is 0. The van der Waals surface area contributed by atoms with Gasteiger partial charge in [0.25, 0.3) is 0 Å². The average molecular weight is 357 g/mol. The number of rotatable bonds is 5. The van der Waals surface area contributed by atoms with Crippen LogP contribution in [0.15, 0.2) is 41.8 Å². The molecule has 1 saturated heterocycles. The molecular weight excluding hydrogens is 334 g/mol. The molecule has 1 amide bonds. The monoisotopic (exact) mass is 357 g/mol. The summed E-state index contributed by atoms with van der Waals surface area (Å²) in [5, 5.41) is 0.651. The molecule has 0 spiro atoms. The van der Waals surface area contributed by atoms with Crippen molar-refractivity contribution in [2.24, 2.45) is 0 Å². The molecule has 1 fully saturated rings. The number of carbonyl (C=O) groups is 1. The summed E-state index contributed by atoms with van der Waals surface area (Å²) in [5.74, 6) is 0.552. The van der Waals surface area contributed by atoms with E-state index in [9.17, 15) is 4.79 Å². The van der Waals surface area contributed by atoms with Crippen molar-refractivity contribution in [2.75, 3.05) is 31.9 Å². The Labute approximate surface area is 152 Å². The van der Waals surface area contributed by atoms with Gasteiger partial charge in [-0.05, 0) is 31.5 Å². The fourth-order valence-electron chi connectivity index (χ4n) is 2.87. The van der Waals surface area contributed by atoms with Crippen LogP contribution in [-0.4, -0.2) is 62.6 Å². The highest BCUT2D eigenvalue weighted by Gasteiger charge is 2.19. The van der Waals surface area contributed by atoms with Crippen LogP contribution in [0, 0.1) is 6.92 Å². The van der Waals surface area contributed by atoms with Crippen molar-refractivity contribution in [3.63, 3.8) is 0 Å². The molecular formula is C18H23N5OS. The molecule has 0 bridgehead atoms. The first kappa shape index (κ1) is 17.8. The van der Waals surface area contributed by atoms with Gasteiger partial charge in [-0.15, -0.1) is 0 Å². The lowest BCUT2D eigenvalue weighted by Crippen LogP contribution is -2.36. The van der Waals surface area contributed by atoms with Crippen LogP contribution in [0.2, 0.25) is 0 Å². The van der Waals surface area contributed by atoms with E-state index in [0.29, 0.717) is 10.9 Å². The van der Waals surface area contributed by atoms with Gasteiger partial charge in [-0.2, -0.15) is 0 Å². The second-order valence-corrected chi connectivity index (χ2v) is 7.04. The maximum Gasteiger partial charge on any atom is 0.233 e.